The van der Waals surface area contributed by atoms with E-state index in [9.17, 15) is 9.59 Å². The molecule has 0 aromatic carbocycles. The highest BCUT2D eigenvalue weighted by atomic mass is 16.4. The quantitative estimate of drug-likeness (QED) is 0.386. The molecule has 3 N–H and O–H groups in total. The van der Waals surface area contributed by atoms with Gasteiger partial charge >= 0.3 is 13.1 Å². The zero-order valence-electron chi connectivity index (χ0n) is 15.7. The first-order valence-corrected chi connectivity index (χ1v) is 9.63. The van der Waals surface area contributed by atoms with Crippen LogP contribution >= 0.6 is 0 Å². The minimum absolute atomic E-state index is 0.117. The van der Waals surface area contributed by atoms with Crippen LogP contribution in [0.2, 0.25) is 0 Å². The predicted octanol–water partition coefficient (Wildman–Crippen LogP) is 1.38. The molecule has 25 heavy (non-hydrogen) atoms. The van der Waals surface area contributed by atoms with E-state index in [1.54, 1.807) is 16.8 Å². The summed E-state index contributed by atoms with van der Waals surface area (Å²) in [7, 11) is 0.207. The third-order valence-corrected chi connectivity index (χ3v) is 4.68. The summed E-state index contributed by atoms with van der Waals surface area (Å²) in [4.78, 5) is 28.0. The number of nitrogens with one attached hydrogen (secondary N) is 1. The van der Waals surface area contributed by atoms with Gasteiger partial charge in [0, 0.05) is 20.1 Å². The van der Waals surface area contributed by atoms with Crippen molar-refractivity contribution in [3.05, 3.63) is 0 Å². The summed E-state index contributed by atoms with van der Waals surface area (Å²) in [5.74, 6) is -0.316. The van der Waals surface area contributed by atoms with Crippen LogP contribution in [0, 0.1) is 0 Å². The number of hydrogen-bond acceptors (Lipinski definition) is 4. The maximum Gasteiger partial charge on any atom is 0.472 e. The van der Waals surface area contributed by atoms with Crippen LogP contribution < -0.4 is 5.32 Å². The van der Waals surface area contributed by atoms with E-state index in [4.69, 9.17) is 10.0 Å². The molecular weight excluding hydrogens is 321 g/mol. The molecule has 1 aliphatic heterocycles. The molecule has 1 heterocycles. The molecule has 8 heteroatoms. The molecular formula is C17H34BN3O4. The maximum atomic E-state index is 12.6. The summed E-state index contributed by atoms with van der Waals surface area (Å²) in [5.41, 5.74) is 0. The highest BCUT2D eigenvalue weighted by Gasteiger charge is 2.35. The summed E-state index contributed by atoms with van der Waals surface area (Å²) in [5, 5.41) is 20.2. The number of amides is 3. The summed E-state index contributed by atoms with van der Waals surface area (Å²) in [6.07, 6.45) is 9.60. The molecule has 0 aromatic rings. The van der Waals surface area contributed by atoms with Crippen molar-refractivity contribution in [2.45, 2.75) is 70.8 Å². The van der Waals surface area contributed by atoms with E-state index in [1.165, 1.54) is 32.1 Å². The molecule has 144 valence electrons. The fourth-order valence-corrected chi connectivity index (χ4v) is 3.20. The predicted molar refractivity (Wildman–Crippen MR) is 98.9 cm³/mol. The zero-order valence-corrected chi connectivity index (χ0v) is 15.7. The van der Waals surface area contributed by atoms with E-state index in [1.807, 2.05) is 0 Å². The first kappa shape index (κ1) is 21.8. The van der Waals surface area contributed by atoms with Gasteiger partial charge < -0.3 is 25.2 Å². The smallest absolute Gasteiger partial charge is 0.426 e. The molecule has 0 unspecified atom stereocenters. The van der Waals surface area contributed by atoms with E-state index < -0.39 is 13.2 Å². The van der Waals surface area contributed by atoms with Gasteiger partial charge in [0.2, 0.25) is 5.91 Å². The van der Waals surface area contributed by atoms with Gasteiger partial charge in [-0.25, -0.2) is 4.79 Å². The SMILES string of the molecule is CCCCCCCCCN(C)C(=O)N1CCC[C@H]1C(=O)NCB(O)O. The van der Waals surface area contributed by atoms with Gasteiger partial charge in [0.15, 0.2) is 0 Å². The average molecular weight is 355 g/mol. The fraction of sp³-hybridized carbons (Fsp3) is 0.882. The van der Waals surface area contributed by atoms with E-state index in [0.29, 0.717) is 19.5 Å². The second-order valence-electron chi connectivity index (χ2n) is 6.90. The van der Waals surface area contributed by atoms with Crippen molar-refractivity contribution in [2.75, 3.05) is 26.6 Å². The molecule has 7 nitrogen and oxygen atoms in total. The highest BCUT2D eigenvalue weighted by Crippen LogP contribution is 2.19. The van der Waals surface area contributed by atoms with Crippen molar-refractivity contribution >= 4 is 19.1 Å². The summed E-state index contributed by atoms with van der Waals surface area (Å²) >= 11 is 0. The number of hydrogen-bond donors (Lipinski definition) is 3. The van der Waals surface area contributed by atoms with Crippen LogP contribution in [-0.2, 0) is 4.79 Å². The fourth-order valence-electron chi connectivity index (χ4n) is 3.20. The van der Waals surface area contributed by atoms with Crippen molar-refractivity contribution in [3.63, 3.8) is 0 Å². The Balaban J connectivity index is 2.32. The first-order valence-electron chi connectivity index (χ1n) is 9.63. The van der Waals surface area contributed by atoms with Crippen molar-refractivity contribution < 1.29 is 19.6 Å². The monoisotopic (exact) mass is 355 g/mol. The van der Waals surface area contributed by atoms with Crippen LogP contribution in [0.15, 0.2) is 0 Å². The molecule has 1 fully saturated rings. The molecule has 0 spiro atoms. The van der Waals surface area contributed by atoms with Crippen LogP contribution in [0.5, 0.6) is 0 Å². The van der Waals surface area contributed by atoms with Gasteiger partial charge in [0.05, 0.1) is 6.44 Å². The topological polar surface area (TPSA) is 93.1 Å². The highest BCUT2D eigenvalue weighted by molar-refractivity contribution is 6.41. The third kappa shape index (κ3) is 8.09. The van der Waals surface area contributed by atoms with Crippen molar-refractivity contribution in [2.24, 2.45) is 0 Å². The van der Waals surface area contributed by atoms with E-state index >= 15 is 0 Å². The Labute approximate surface area is 151 Å². The Bertz CT molecular complexity index is 409. The Morgan fingerprint density at radius 3 is 2.44 bits per heavy atom. The van der Waals surface area contributed by atoms with Crippen molar-refractivity contribution in [3.8, 4) is 0 Å². The minimum Gasteiger partial charge on any atom is -0.426 e. The van der Waals surface area contributed by atoms with Crippen LogP contribution in [0.25, 0.3) is 0 Å². The normalized spacial score (nSPS) is 16.8. The van der Waals surface area contributed by atoms with E-state index in [2.05, 4.69) is 12.2 Å². The van der Waals surface area contributed by atoms with Gasteiger partial charge in [0.1, 0.15) is 6.04 Å². The lowest BCUT2D eigenvalue weighted by atomic mass is 9.92. The molecule has 0 aromatic heterocycles. The molecule has 1 aliphatic rings. The lowest BCUT2D eigenvalue weighted by Crippen LogP contribution is -2.51. The van der Waals surface area contributed by atoms with E-state index in [0.717, 1.165) is 19.3 Å². The summed E-state index contributed by atoms with van der Waals surface area (Å²) in [6, 6.07) is -0.629. The molecule has 1 atom stereocenters. The van der Waals surface area contributed by atoms with Crippen LogP contribution in [0.4, 0.5) is 4.79 Å². The third-order valence-electron chi connectivity index (χ3n) is 4.68. The number of rotatable bonds is 11. The zero-order chi connectivity index (χ0) is 18.7. The number of likely N-dealkylation sites (tertiary alicyclic amines) is 1. The molecule has 0 bridgehead atoms. The standard InChI is InChI=1S/C17H34BN3O4/c1-3-4-5-6-7-8-9-12-20(2)17(23)21-13-10-11-15(21)16(22)19-14-18(24)25/h15,24-25H,3-14H2,1-2H3,(H,19,22)/t15-/m0/s1. The van der Waals surface area contributed by atoms with Crippen LogP contribution in [0.3, 0.4) is 0 Å². The second-order valence-corrected chi connectivity index (χ2v) is 6.90. The van der Waals surface area contributed by atoms with E-state index in [-0.39, 0.29) is 18.4 Å². The number of carbonyl (C=O) groups excluding carboxylic acids is 2. The molecule has 1 saturated heterocycles. The molecule has 1 rings (SSSR count). The van der Waals surface area contributed by atoms with Gasteiger partial charge in [-0.3, -0.25) is 4.79 Å². The number of unbranched alkanes of at least 4 members (excludes halogenated alkanes) is 6. The molecule has 0 radical (unpaired) electrons. The van der Waals surface area contributed by atoms with Gasteiger partial charge in [-0.1, -0.05) is 45.4 Å². The average Bonchev–Trinajstić information content (AvgIpc) is 3.07. The van der Waals surface area contributed by atoms with Gasteiger partial charge in [0.25, 0.3) is 0 Å². The Morgan fingerprint density at radius 1 is 1.16 bits per heavy atom. The van der Waals surface area contributed by atoms with Gasteiger partial charge in [-0.15, -0.1) is 0 Å². The number of carbonyl (C=O) groups is 2. The second kappa shape index (κ2) is 12.1. The van der Waals surface area contributed by atoms with Gasteiger partial charge in [-0.05, 0) is 19.3 Å². The molecule has 0 saturated carbocycles. The van der Waals surface area contributed by atoms with Crippen molar-refractivity contribution in [1.82, 2.24) is 15.1 Å². The molecule has 3 amide bonds. The van der Waals surface area contributed by atoms with Crippen LogP contribution in [0.1, 0.15) is 64.7 Å². The largest absolute Gasteiger partial charge is 0.472 e. The summed E-state index contributed by atoms with van der Waals surface area (Å²) in [6.45, 7) is 3.48. The Kier molecular flexibility index (Phi) is 10.6. The lowest BCUT2D eigenvalue weighted by Gasteiger charge is -2.29. The van der Waals surface area contributed by atoms with Crippen molar-refractivity contribution in [1.29, 1.82) is 0 Å². The number of nitrogens with zero attached hydrogens (tertiary/aromatic N) is 2. The minimum atomic E-state index is -1.57. The first-order chi connectivity index (χ1) is 12.0. The number of urea groups is 1. The van der Waals surface area contributed by atoms with Gasteiger partial charge in [-0.2, -0.15) is 0 Å². The summed E-state index contributed by atoms with van der Waals surface area (Å²) < 4.78 is 0. The Hall–Kier alpha value is -1.28. The Morgan fingerprint density at radius 2 is 1.80 bits per heavy atom. The molecule has 0 aliphatic carbocycles. The van der Waals surface area contributed by atoms with Crippen LogP contribution in [-0.4, -0.2) is 71.5 Å². The maximum absolute atomic E-state index is 12.6. The lowest BCUT2D eigenvalue weighted by molar-refractivity contribution is -0.124.